The van der Waals surface area contributed by atoms with Crippen LogP contribution in [0, 0.1) is 0 Å². The molecule has 0 fully saturated rings. The van der Waals surface area contributed by atoms with E-state index in [9.17, 15) is 37.3 Å². The Morgan fingerprint density at radius 2 is 0.796 bits per heavy atom. The first-order chi connectivity index (χ1) is 22.7. The number of nitrogens with two attached hydrogens (primary N) is 2. The van der Waals surface area contributed by atoms with Crippen LogP contribution in [0.5, 0.6) is 23.0 Å². The van der Waals surface area contributed by atoms with Crippen molar-refractivity contribution in [3.05, 3.63) is 109 Å². The molecule has 1 radical (unpaired) electrons. The first-order valence-corrected chi connectivity index (χ1v) is 16.7. The maximum atomic E-state index is 12.0. The predicted octanol–water partition coefficient (Wildman–Crippen LogP) is 4.10. The number of fused-ring (bicyclic) bond motifs is 2. The van der Waals surface area contributed by atoms with Crippen molar-refractivity contribution in [1.29, 1.82) is 0 Å². The van der Waals surface area contributed by atoms with Crippen LogP contribution in [0.3, 0.4) is 0 Å². The van der Waals surface area contributed by atoms with E-state index in [1.807, 2.05) is 24.3 Å². The van der Waals surface area contributed by atoms with E-state index in [1.165, 1.54) is 12.1 Å². The SMILES string of the molecule is NS(=O)(=O)c1ccc([O-])c(N=Nc2c([O-])ccc3ccccc23)c1.NS(=O)(=O)c1ccc([O-])c(N=Nc2c([O-])ccc3ccccc23)c1.[Cr+3]. The minimum Gasteiger partial charge on any atom is -0.871 e. The van der Waals surface area contributed by atoms with Crippen LogP contribution in [-0.2, 0) is 37.4 Å². The number of benzene rings is 6. The van der Waals surface area contributed by atoms with Gasteiger partial charge in [0.2, 0.25) is 20.0 Å². The molecule has 0 saturated heterocycles. The monoisotopic (exact) mass is 734 g/mol. The Morgan fingerprint density at radius 3 is 1.16 bits per heavy atom. The van der Waals surface area contributed by atoms with Crippen molar-refractivity contribution in [1.82, 2.24) is 0 Å². The van der Waals surface area contributed by atoms with Gasteiger partial charge in [0.25, 0.3) is 0 Å². The summed E-state index contributed by atoms with van der Waals surface area (Å²) >= 11 is 0. The summed E-state index contributed by atoms with van der Waals surface area (Å²) in [4.78, 5) is -0.507. The molecule has 6 rings (SSSR count). The fourth-order valence-electron chi connectivity index (χ4n) is 4.39. The van der Waals surface area contributed by atoms with E-state index in [4.69, 9.17) is 10.3 Å². The normalized spacial score (nSPS) is 11.8. The number of primary sulfonamides is 2. The Morgan fingerprint density at radius 1 is 0.449 bits per heavy atom. The Kier molecular flexibility index (Phi) is 11.0. The molecule has 0 bridgehead atoms. The number of azo groups is 2. The molecule has 247 valence electrons. The molecule has 6 aromatic rings. The molecule has 0 aliphatic carbocycles. The molecule has 0 heterocycles. The summed E-state index contributed by atoms with van der Waals surface area (Å²) in [6.45, 7) is 0. The van der Waals surface area contributed by atoms with Crippen LogP contribution >= 0.6 is 0 Å². The summed E-state index contributed by atoms with van der Waals surface area (Å²) in [6, 6.07) is 26.5. The van der Waals surface area contributed by atoms with Gasteiger partial charge in [-0.05, 0) is 35.0 Å². The van der Waals surface area contributed by atoms with Gasteiger partial charge in [-0.15, -0.1) is 0 Å². The maximum Gasteiger partial charge on any atom is 3.00 e. The van der Waals surface area contributed by atoms with Gasteiger partial charge in [0.05, 0.1) is 32.5 Å². The second kappa shape index (κ2) is 14.8. The molecule has 0 aliphatic rings. The molecular weight excluding hydrogens is 713 g/mol. The van der Waals surface area contributed by atoms with E-state index < -0.39 is 31.5 Å². The summed E-state index contributed by atoms with van der Waals surface area (Å²) < 4.78 is 45.4. The molecule has 17 heteroatoms. The van der Waals surface area contributed by atoms with Crippen molar-refractivity contribution in [3.63, 3.8) is 0 Å². The first kappa shape index (κ1) is 36.4. The van der Waals surface area contributed by atoms with Crippen molar-refractivity contribution in [2.45, 2.75) is 9.79 Å². The molecule has 49 heavy (non-hydrogen) atoms. The van der Waals surface area contributed by atoms with Crippen LogP contribution in [0.4, 0.5) is 22.7 Å². The fraction of sp³-hybridized carbons (Fsp3) is 0. The van der Waals surface area contributed by atoms with Crippen LogP contribution in [-0.4, -0.2) is 16.8 Å². The molecule has 6 aromatic carbocycles. The van der Waals surface area contributed by atoms with Gasteiger partial charge in [-0.25, -0.2) is 27.1 Å². The fourth-order valence-corrected chi connectivity index (χ4v) is 5.46. The van der Waals surface area contributed by atoms with Gasteiger partial charge < -0.3 is 20.4 Å². The molecule has 0 saturated carbocycles. The smallest absolute Gasteiger partial charge is 0.871 e. The van der Waals surface area contributed by atoms with Crippen molar-refractivity contribution >= 4 is 64.3 Å². The first-order valence-electron chi connectivity index (χ1n) is 13.6. The number of hydrogen-bond acceptors (Lipinski definition) is 12. The summed E-state index contributed by atoms with van der Waals surface area (Å²) in [7, 11) is -7.94. The van der Waals surface area contributed by atoms with Gasteiger partial charge >= 0.3 is 17.4 Å². The number of rotatable bonds is 6. The van der Waals surface area contributed by atoms with Crippen LogP contribution in [0.15, 0.2) is 139 Å². The van der Waals surface area contributed by atoms with E-state index >= 15 is 0 Å². The Bertz CT molecular complexity index is 2300. The average Bonchev–Trinajstić information content (AvgIpc) is 3.04. The van der Waals surface area contributed by atoms with E-state index in [1.54, 1.807) is 36.4 Å². The molecule has 0 aromatic heterocycles. The molecule has 4 N–H and O–H groups in total. The van der Waals surface area contributed by atoms with E-state index in [-0.39, 0.29) is 61.4 Å². The summed E-state index contributed by atoms with van der Waals surface area (Å²) in [5.74, 6) is -1.77. The molecule has 14 nitrogen and oxygen atoms in total. The van der Waals surface area contributed by atoms with E-state index in [0.29, 0.717) is 10.8 Å². The van der Waals surface area contributed by atoms with Gasteiger partial charge in [0.15, 0.2) is 0 Å². The Balaban J connectivity index is 0.000000216. The van der Waals surface area contributed by atoms with Crippen LogP contribution in [0.1, 0.15) is 0 Å². The van der Waals surface area contributed by atoms with Gasteiger partial charge in [-0.2, -0.15) is 20.5 Å². The van der Waals surface area contributed by atoms with Crippen LogP contribution in [0.25, 0.3) is 21.5 Å². The quantitative estimate of drug-likeness (QED) is 0.235. The maximum absolute atomic E-state index is 12.0. The zero-order valence-corrected chi connectivity index (χ0v) is 27.7. The molecule has 0 amide bonds. The van der Waals surface area contributed by atoms with Gasteiger partial charge in [-0.1, -0.05) is 108 Å². The van der Waals surface area contributed by atoms with Crippen molar-refractivity contribution in [3.8, 4) is 23.0 Å². The van der Waals surface area contributed by atoms with Crippen molar-refractivity contribution in [2.24, 2.45) is 30.7 Å². The van der Waals surface area contributed by atoms with Crippen molar-refractivity contribution in [2.75, 3.05) is 0 Å². The van der Waals surface area contributed by atoms with E-state index in [2.05, 4.69) is 20.5 Å². The zero-order chi connectivity index (χ0) is 34.6. The standard InChI is InChI=1S/2C16H13N3O4S.Cr/c2*17-24(22,23)11-6-8-14(20)13(9-11)18-19-16-12-4-2-1-3-10(12)5-7-15(16)21;/h2*1-9,20-21H,(H2,17,22,23);/q;;+3/p-4. The third-order valence-electron chi connectivity index (χ3n) is 6.76. The second-order valence-electron chi connectivity index (χ2n) is 10.0. The van der Waals surface area contributed by atoms with Gasteiger partial charge in [0.1, 0.15) is 0 Å². The summed E-state index contributed by atoms with van der Waals surface area (Å²) in [5.41, 5.74) is -0.273. The molecule has 0 atom stereocenters. The summed E-state index contributed by atoms with van der Waals surface area (Å²) in [5, 5.41) is 75.7. The topological polar surface area (TPSA) is 262 Å². The Labute approximate surface area is 290 Å². The number of sulfonamides is 2. The zero-order valence-electron chi connectivity index (χ0n) is 24.8. The minimum absolute atomic E-state index is 0. The van der Waals surface area contributed by atoms with E-state index in [0.717, 1.165) is 47.2 Å². The van der Waals surface area contributed by atoms with Gasteiger partial charge in [-0.3, -0.25) is 0 Å². The number of nitrogens with zero attached hydrogens (tertiary/aromatic N) is 4. The second-order valence-corrected chi connectivity index (χ2v) is 13.1. The largest absolute Gasteiger partial charge is 3.00 e. The van der Waals surface area contributed by atoms with Gasteiger partial charge in [0, 0.05) is 10.8 Å². The molecule has 0 aliphatic heterocycles. The molecular formula is C32H22CrN6O8S2-. The van der Waals surface area contributed by atoms with Crippen LogP contribution in [0.2, 0.25) is 0 Å². The third-order valence-corrected chi connectivity index (χ3v) is 8.58. The Hall–Kier alpha value is -5.41. The minimum atomic E-state index is -3.97. The summed E-state index contributed by atoms with van der Waals surface area (Å²) in [6.07, 6.45) is 0. The predicted molar refractivity (Wildman–Crippen MR) is 170 cm³/mol. The average molecular weight is 735 g/mol. The van der Waals surface area contributed by atoms with Crippen molar-refractivity contribution < 1.29 is 54.6 Å². The molecule has 0 spiro atoms. The third kappa shape index (κ3) is 8.55. The van der Waals surface area contributed by atoms with Crippen LogP contribution < -0.4 is 30.7 Å². The number of hydrogen-bond donors (Lipinski definition) is 2. The molecule has 0 unspecified atom stereocenters.